The normalized spacial score (nSPS) is 21.1. The van der Waals surface area contributed by atoms with E-state index in [0.29, 0.717) is 47.8 Å². The molecule has 0 saturated carbocycles. The molecule has 36 heavy (non-hydrogen) atoms. The smallest absolute Gasteiger partial charge is 0.323 e. The molecule has 0 bridgehead atoms. The summed E-state index contributed by atoms with van der Waals surface area (Å²) in [4.78, 5) is 39.6. The lowest BCUT2D eigenvalue weighted by Gasteiger charge is -2.42. The maximum absolute atomic E-state index is 13.4. The van der Waals surface area contributed by atoms with E-state index in [1.54, 1.807) is 61.5 Å². The summed E-state index contributed by atoms with van der Waals surface area (Å²) in [6.07, 6.45) is 1.12. The Labute approximate surface area is 210 Å². The van der Waals surface area contributed by atoms with Crippen molar-refractivity contribution in [3.05, 3.63) is 48.0 Å². The third-order valence-corrected chi connectivity index (χ3v) is 6.38. The monoisotopic (exact) mass is 496 g/mol. The van der Waals surface area contributed by atoms with Gasteiger partial charge in [0.05, 0.1) is 31.2 Å². The van der Waals surface area contributed by atoms with Crippen LogP contribution in [0.3, 0.4) is 0 Å². The van der Waals surface area contributed by atoms with Crippen LogP contribution in [0, 0.1) is 0 Å². The number of urea groups is 1. The molecule has 2 heterocycles. The van der Waals surface area contributed by atoms with E-state index < -0.39 is 6.03 Å². The number of rotatable bonds is 6. The summed E-state index contributed by atoms with van der Waals surface area (Å²) in [5.41, 5.74) is 1.39. The molecule has 0 aromatic heterocycles. The Hall–Kier alpha value is -3.79. The predicted molar refractivity (Wildman–Crippen MR) is 135 cm³/mol. The van der Waals surface area contributed by atoms with Gasteiger partial charge in [-0.3, -0.25) is 9.59 Å². The van der Waals surface area contributed by atoms with Gasteiger partial charge in [0, 0.05) is 31.0 Å². The summed E-state index contributed by atoms with van der Waals surface area (Å²) in [5, 5.41) is 8.31. The minimum absolute atomic E-state index is 0.0436. The van der Waals surface area contributed by atoms with Crippen molar-refractivity contribution in [3.8, 4) is 11.5 Å². The molecule has 0 aliphatic carbocycles. The number of nitrogens with zero attached hydrogens (tertiary/aromatic N) is 1. The van der Waals surface area contributed by atoms with Gasteiger partial charge in [0.2, 0.25) is 5.91 Å². The van der Waals surface area contributed by atoms with Crippen molar-refractivity contribution >= 4 is 29.2 Å². The van der Waals surface area contributed by atoms with E-state index in [4.69, 9.17) is 14.2 Å². The van der Waals surface area contributed by atoms with Crippen LogP contribution in [-0.4, -0.2) is 68.3 Å². The Kier molecular flexibility index (Phi) is 7.94. The van der Waals surface area contributed by atoms with Gasteiger partial charge in [-0.1, -0.05) is 6.07 Å². The zero-order valence-corrected chi connectivity index (χ0v) is 20.7. The van der Waals surface area contributed by atoms with E-state index in [2.05, 4.69) is 16.0 Å². The summed E-state index contributed by atoms with van der Waals surface area (Å²) >= 11 is 0. The van der Waals surface area contributed by atoms with Crippen LogP contribution in [0.25, 0.3) is 0 Å². The van der Waals surface area contributed by atoms with Crippen molar-refractivity contribution < 1.29 is 28.6 Å². The van der Waals surface area contributed by atoms with Crippen molar-refractivity contribution in [3.63, 3.8) is 0 Å². The number of ether oxygens (including phenoxy) is 3. The highest BCUT2D eigenvalue weighted by atomic mass is 16.5. The fourth-order valence-corrected chi connectivity index (χ4v) is 4.58. The molecule has 0 unspecified atom stereocenters. The van der Waals surface area contributed by atoms with E-state index in [1.807, 2.05) is 6.92 Å². The second-order valence-electron chi connectivity index (χ2n) is 8.85. The van der Waals surface area contributed by atoms with Crippen molar-refractivity contribution in [2.45, 2.75) is 44.4 Å². The van der Waals surface area contributed by atoms with E-state index in [-0.39, 0.29) is 43.1 Å². The van der Waals surface area contributed by atoms with Gasteiger partial charge in [0.25, 0.3) is 5.91 Å². The maximum Gasteiger partial charge on any atom is 0.323 e. The molecule has 4 amide bonds. The molecule has 10 nitrogen and oxygen atoms in total. The van der Waals surface area contributed by atoms with Gasteiger partial charge in [-0.25, -0.2) is 4.79 Å². The van der Waals surface area contributed by atoms with Crippen LogP contribution in [0.5, 0.6) is 11.5 Å². The molecule has 2 aromatic carbocycles. The molecule has 2 aliphatic heterocycles. The third-order valence-electron chi connectivity index (χ3n) is 6.38. The molecule has 192 valence electrons. The van der Waals surface area contributed by atoms with Crippen LogP contribution in [0.15, 0.2) is 42.5 Å². The number of carbonyl (C=O) groups is 3. The SMILES string of the molecule is CCNC(=O)C[C@H]1CC[C@@H]2[C@H](COc3ccc(NC(=O)Nc4cccc(OC)c4)cc3C(=O)N2C)O1. The summed E-state index contributed by atoms with van der Waals surface area (Å²) in [6.45, 7) is 2.71. The topological polar surface area (TPSA) is 118 Å². The van der Waals surface area contributed by atoms with E-state index >= 15 is 0 Å². The highest BCUT2D eigenvalue weighted by molar-refractivity contribution is 6.02. The van der Waals surface area contributed by atoms with Crippen LogP contribution >= 0.6 is 0 Å². The Morgan fingerprint density at radius 2 is 1.89 bits per heavy atom. The van der Waals surface area contributed by atoms with Crippen LogP contribution in [-0.2, 0) is 9.53 Å². The molecule has 4 rings (SSSR count). The van der Waals surface area contributed by atoms with Crippen LogP contribution in [0.4, 0.5) is 16.2 Å². The van der Waals surface area contributed by atoms with Gasteiger partial charge in [-0.15, -0.1) is 0 Å². The van der Waals surface area contributed by atoms with Crippen LogP contribution < -0.4 is 25.4 Å². The van der Waals surface area contributed by atoms with Crippen molar-refractivity contribution in [1.29, 1.82) is 0 Å². The lowest BCUT2D eigenvalue weighted by molar-refractivity contribution is -0.133. The quantitative estimate of drug-likeness (QED) is 0.565. The summed E-state index contributed by atoms with van der Waals surface area (Å²) < 4.78 is 17.3. The summed E-state index contributed by atoms with van der Waals surface area (Å²) in [6, 6.07) is 11.3. The highest BCUT2D eigenvalue weighted by Gasteiger charge is 2.39. The van der Waals surface area contributed by atoms with Crippen LogP contribution in [0.1, 0.15) is 36.5 Å². The average Bonchev–Trinajstić information content (AvgIpc) is 2.86. The zero-order chi connectivity index (χ0) is 25.7. The lowest BCUT2D eigenvalue weighted by atomic mass is 9.94. The fraction of sp³-hybridized carbons (Fsp3) is 0.423. The van der Waals surface area contributed by atoms with Crippen molar-refractivity contribution in [2.24, 2.45) is 0 Å². The predicted octanol–water partition coefficient (Wildman–Crippen LogP) is 3.25. The first kappa shape index (κ1) is 25.3. The molecule has 1 saturated heterocycles. The average molecular weight is 497 g/mol. The van der Waals surface area contributed by atoms with E-state index in [9.17, 15) is 14.4 Å². The Morgan fingerprint density at radius 1 is 1.11 bits per heavy atom. The van der Waals surface area contributed by atoms with Gasteiger partial charge in [-0.05, 0) is 50.1 Å². The number of likely N-dealkylation sites (N-methyl/N-ethyl adjacent to an activating group) is 1. The molecule has 10 heteroatoms. The summed E-state index contributed by atoms with van der Waals surface area (Å²) in [7, 11) is 3.30. The number of amides is 4. The Bertz CT molecular complexity index is 1120. The fourth-order valence-electron chi connectivity index (χ4n) is 4.58. The molecule has 0 radical (unpaired) electrons. The summed E-state index contributed by atoms with van der Waals surface area (Å²) in [5.74, 6) is 0.777. The largest absolute Gasteiger partial charge is 0.497 e. The molecular formula is C26H32N4O6. The second kappa shape index (κ2) is 11.3. The maximum atomic E-state index is 13.4. The molecule has 3 N–H and O–H groups in total. The molecule has 2 aliphatic rings. The number of anilines is 2. The van der Waals surface area contributed by atoms with Gasteiger partial charge in [0.1, 0.15) is 24.2 Å². The minimum Gasteiger partial charge on any atom is -0.497 e. The number of hydrogen-bond donors (Lipinski definition) is 3. The first-order valence-corrected chi connectivity index (χ1v) is 12.1. The van der Waals surface area contributed by atoms with E-state index in [0.717, 1.165) is 0 Å². The zero-order valence-electron chi connectivity index (χ0n) is 20.7. The molecular weight excluding hydrogens is 464 g/mol. The van der Waals surface area contributed by atoms with E-state index in [1.165, 1.54) is 0 Å². The number of carbonyl (C=O) groups excluding carboxylic acids is 3. The Morgan fingerprint density at radius 3 is 2.64 bits per heavy atom. The first-order chi connectivity index (χ1) is 17.4. The number of nitrogens with one attached hydrogen (secondary N) is 3. The molecule has 3 atom stereocenters. The minimum atomic E-state index is -0.449. The molecule has 0 spiro atoms. The van der Waals surface area contributed by atoms with Crippen molar-refractivity contribution in [2.75, 3.05) is 37.9 Å². The number of hydrogen-bond acceptors (Lipinski definition) is 6. The second-order valence-corrected chi connectivity index (χ2v) is 8.85. The number of benzene rings is 2. The van der Waals surface area contributed by atoms with Crippen molar-refractivity contribution in [1.82, 2.24) is 10.2 Å². The molecule has 1 fully saturated rings. The first-order valence-electron chi connectivity index (χ1n) is 12.1. The van der Waals surface area contributed by atoms with Gasteiger partial charge in [0.15, 0.2) is 0 Å². The van der Waals surface area contributed by atoms with Crippen LogP contribution in [0.2, 0.25) is 0 Å². The lowest BCUT2D eigenvalue weighted by Crippen LogP contribution is -2.54. The number of fused-ring (bicyclic) bond motifs is 2. The van der Waals surface area contributed by atoms with Gasteiger partial charge < -0.3 is 35.1 Å². The number of methoxy groups -OCH3 is 1. The molecule has 2 aromatic rings. The third kappa shape index (κ3) is 5.88. The Balaban J connectivity index is 1.44. The standard InChI is InChI=1S/C26H32N4O6/c1-4-27-24(31)14-19-9-10-21-23(36-19)15-35-22-11-8-17(13-20(22)25(32)30(21)2)29-26(33)28-16-6-5-7-18(12-16)34-3/h5-8,11-13,19,21,23H,4,9-10,14-15H2,1-3H3,(H,27,31)(H2,28,29,33)/t19-,21-,23+/m1/s1. The van der Waals surface area contributed by atoms with Gasteiger partial charge >= 0.3 is 6.03 Å². The highest BCUT2D eigenvalue weighted by Crippen LogP contribution is 2.32. The van der Waals surface area contributed by atoms with Gasteiger partial charge in [-0.2, -0.15) is 0 Å².